The maximum absolute atomic E-state index is 13.4. The first-order chi connectivity index (χ1) is 17.6. The second kappa shape index (κ2) is 10.3. The highest BCUT2D eigenvalue weighted by molar-refractivity contribution is 6.09. The van der Waals surface area contributed by atoms with Crippen LogP contribution in [-0.4, -0.2) is 11.8 Å². The van der Waals surface area contributed by atoms with E-state index in [2.05, 4.69) is 11.4 Å². The minimum atomic E-state index is -0.208. The third-order valence-corrected chi connectivity index (χ3v) is 6.02. The quantitative estimate of drug-likeness (QED) is 0.355. The summed E-state index contributed by atoms with van der Waals surface area (Å²) in [4.78, 5) is 27.7. The van der Waals surface area contributed by atoms with Crippen LogP contribution < -0.4 is 15.0 Å². The molecule has 1 aliphatic heterocycles. The molecule has 1 heterocycles. The molecule has 0 radical (unpaired) electrons. The van der Waals surface area contributed by atoms with Gasteiger partial charge in [-0.3, -0.25) is 14.5 Å². The Bertz CT molecular complexity index is 1430. The molecule has 2 amide bonds. The van der Waals surface area contributed by atoms with Crippen LogP contribution in [0, 0.1) is 6.92 Å². The zero-order valence-electron chi connectivity index (χ0n) is 20.0. The summed E-state index contributed by atoms with van der Waals surface area (Å²) in [6.45, 7) is 2.94. The number of nitrogens with zero attached hydrogens (tertiary/aromatic N) is 1. The highest BCUT2D eigenvalue weighted by atomic mass is 16.5. The Morgan fingerprint density at radius 1 is 0.861 bits per heavy atom. The van der Waals surface area contributed by atoms with E-state index in [-0.39, 0.29) is 17.6 Å². The van der Waals surface area contributed by atoms with E-state index in [9.17, 15) is 9.59 Å². The third kappa shape index (κ3) is 5.20. The van der Waals surface area contributed by atoms with Gasteiger partial charge in [-0.2, -0.15) is 0 Å². The molecule has 0 unspecified atom stereocenters. The van der Waals surface area contributed by atoms with Gasteiger partial charge in [0.15, 0.2) is 11.5 Å². The molecular weight excluding hydrogens is 448 g/mol. The number of aryl methyl sites for hydroxylation is 1. The predicted octanol–water partition coefficient (Wildman–Crippen LogP) is 5.89. The first kappa shape index (κ1) is 23.1. The number of carbonyl (C=O) groups is 2. The summed E-state index contributed by atoms with van der Waals surface area (Å²) in [5, 5.41) is 2.93. The zero-order chi connectivity index (χ0) is 24.9. The van der Waals surface area contributed by atoms with E-state index in [0.717, 1.165) is 27.9 Å². The first-order valence-corrected chi connectivity index (χ1v) is 11.8. The molecule has 0 fully saturated rings. The first-order valence-electron chi connectivity index (χ1n) is 11.8. The van der Waals surface area contributed by atoms with Crippen molar-refractivity contribution in [3.63, 3.8) is 0 Å². The highest BCUT2D eigenvalue weighted by Crippen LogP contribution is 2.36. The van der Waals surface area contributed by atoms with Crippen LogP contribution in [0.15, 0.2) is 109 Å². The molecule has 4 aromatic rings. The Morgan fingerprint density at radius 2 is 1.58 bits per heavy atom. The molecule has 178 valence electrons. The van der Waals surface area contributed by atoms with E-state index in [0.29, 0.717) is 24.4 Å². The Labute approximate surface area is 210 Å². The molecule has 0 saturated carbocycles. The lowest BCUT2D eigenvalue weighted by Crippen LogP contribution is -2.36. The van der Waals surface area contributed by atoms with Gasteiger partial charge in [0.2, 0.25) is 0 Å². The van der Waals surface area contributed by atoms with Crippen molar-refractivity contribution in [2.45, 2.75) is 20.0 Å². The number of fused-ring (bicyclic) bond motifs is 1. The fraction of sp³-hybridized carbons (Fsp3) is 0.0968. The number of anilines is 1. The molecule has 5 heteroatoms. The minimum Gasteiger partial charge on any atom is -0.449 e. The standard InChI is InChI=1S/C31H26N2O3/c1-22-8-7-11-25(18-22)21-33-27-12-5-6-13-28(27)36-29(31(33)35)19-23-14-16-26(17-15-23)30(34)32-20-24-9-3-2-4-10-24/h2-19H,20-21H2,1H3,(H,32,34). The second-order valence-corrected chi connectivity index (χ2v) is 8.75. The zero-order valence-corrected chi connectivity index (χ0v) is 20.0. The van der Waals surface area contributed by atoms with E-state index in [4.69, 9.17) is 4.74 Å². The van der Waals surface area contributed by atoms with Crippen LogP contribution in [0.5, 0.6) is 5.75 Å². The van der Waals surface area contributed by atoms with E-state index in [1.165, 1.54) is 0 Å². The molecule has 0 bridgehead atoms. The third-order valence-electron chi connectivity index (χ3n) is 6.02. The van der Waals surface area contributed by atoms with Crippen molar-refractivity contribution >= 4 is 23.6 Å². The predicted molar refractivity (Wildman–Crippen MR) is 141 cm³/mol. The van der Waals surface area contributed by atoms with Crippen molar-refractivity contribution in [3.8, 4) is 5.75 Å². The van der Waals surface area contributed by atoms with Crippen molar-refractivity contribution in [1.29, 1.82) is 0 Å². The topological polar surface area (TPSA) is 58.6 Å². The SMILES string of the molecule is Cc1cccc(CN2C(=O)C(=Cc3ccc(C(=O)NCc4ccccc4)cc3)Oc3ccccc32)c1. The Balaban J connectivity index is 1.34. The maximum atomic E-state index is 13.4. The monoisotopic (exact) mass is 474 g/mol. The second-order valence-electron chi connectivity index (χ2n) is 8.75. The molecule has 0 spiro atoms. The summed E-state index contributed by atoms with van der Waals surface area (Å²) in [6, 6.07) is 32.6. The lowest BCUT2D eigenvalue weighted by atomic mass is 10.1. The fourth-order valence-corrected chi connectivity index (χ4v) is 4.17. The van der Waals surface area contributed by atoms with Gasteiger partial charge in [-0.05, 0) is 54.0 Å². The minimum absolute atomic E-state index is 0.152. The maximum Gasteiger partial charge on any atom is 0.294 e. The van der Waals surface area contributed by atoms with Crippen molar-refractivity contribution in [2.75, 3.05) is 4.90 Å². The van der Waals surface area contributed by atoms with Crippen LogP contribution in [0.2, 0.25) is 0 Å². The summed E-state index contributed by atoms with van der Waals surface area (Å²) in [6.07, 6.45) is 1.72. The van der Waals surface area contributed by atoms with Crippen LogP contribution in [0.25, 0.3) is 6.08 Å². The molecule has 0 aromatic heterocycles. The number of ether oxygens (including phenoxy) is 1. The largest absolute Gasteiger partial charge is 0.449 e. The van der Waals surface area contributed by atoms with Crippen molar-refractivity contribution < 1.29 is 14.3 Å². The van der Waals surface area contributed by atoms with Gasteiger partial charge in [0.25, 0.3) is 11.8 Å². The average molecular weight is 475 g/mol. The number of hydrogen-bond donors (Lipinski definition) is 1. The van der Waals surface area contributed by atoms with Gasteiger partial charge in [-0.1, -0.05) is 84.4 Å². The van der Waals surface area contributed by atoms with E-state index in [1.807, 2.05) is 91.9 Å². The number of hydrogen-bond acceptors (Lipinski definition) is 3. The Morgan fingerprint density at radius 3 is 2.36 bits per heavy atom. The van der Waals surface area contributed by atoms with Crippen LogP contribution in [0.4, 0.5) is 5.69 Å². The molecular formula is C31H26N2O3. The number of carbonyl (C=O) groups excluding carboxylic acids is 2. The smallest absolute Gasteiger partial charge is 0.294 e. The molecule has 0 saturated heterocycles. The van der Waals surface area contributed by atoms with Crippen molar-refractivity contribution in [1.82, 2.24) is 5.32 Å². The van der Waals surface area contributed by atoms with Gasteiger partial charge < -0.3 is 10.1 Å². The summed E-state index contributed by atoms with van der Waals surface area (Å²) >= 11 is 0. The van der Waals surface area contributed by atoms with Crippen LogP contribution in [0.3, 0.4) is 0 Å². The number of benzene rings is 4. The number of amides is 2. The summed E-state index contributed by atoms with van der Waals surface area (Å²) in [5.74, 6) is 0.511. The van der Waals surface area contributed by atoms with Gasteiger partial charge in [0, 0.05) is 12.1 Å². The lowest BCUT2D eigenvalue weighted by molar-refractivity contribution is -0.117. The van der Waals surface area contributed by atoms with Gasteiger partial charge in [0.1, 0.15) is 0 Å². The van der Waals surface area contributed by atoms with E-state index < -0.39 is 0 Å². The van der Waals surface area contributed by atoms with Gasteiger partial charge >= 0.3 is 0 Å². The number of nitrogens with one attached hydrogen (secondary N) is 1. The van der Waals surface area contributed by atoms with Crippen LogP contribution >= 0.6 is 0 Å². The van der Waals surface area contributed by atoms with E-state index in [1.54, 1.807) is 23.1 Å². The molecule has 4 aromatic carbocycles. The average Bonchev–Trinajstić information content (AvgIpc) is 2.91. The van der Waals surface area contributed by atoms with Crippen LogP contribution in [-0.2, 0) is 17.9 Å². The molecule has 36 heavy (non-hydrogen) atoms. The van der Waals surface area contributed by atoms with Crippen LogP contribution in [0.1, 0.15) is 32.6 Å². The summed E-state index contributed by atoms with van der Waals surface area (Å²) in [7, 11) is 0. The van der Waals surface area contributed by atoms with Gasteiger partial charge in [-0.25, -0.2) is 0 Å². The highest BCUT2D eigenvalue weighted by Gasteiger charge is 2.30. The summed E-state index contributed by atoms with van der Waals surface area (Å²) in [5.41, 5.74) is 5.29. The van der Waals surface area contributed by atoms with Crippen molar-refractivity contribution in [3.05, 3.63) is 137 Å². The fourth-order valence-electron chi connectivity index (χ4n) is 4.17. The molecule has 0 aliphatic carbocycles. The van der Waals surface area contributed by atoms with E-state index >= 15 is 0 Å². The number of para-hydroxylation sites is 2. The Kier molecular flexibility index (Phi) is 6.63. The molecule has 1 N–H and O–H groups in total. The van der Waals surface area contributed by atoms with Gasteiger partial charge in [0.05, 0.1) is 12.2 Å². The molecule has 5 nitrogen and oxygen atoms in total. The summed E-state index contributed by atoms with van der Waals surface area (Å²) < 4.78 is 6.00. The molecule has 0 atom stereocenters. The van der Waals surface area contributed by atoms with Crippen molar-refractivity contribution in [2.24, 2.45) is 0 Å². The molecule has 1 aliphatic rings. The lowest BCUT2D eigenvalue weighted by Gasteiger charge is -2.30. The normalized spacial score (nSPS) is 13.8. The van der Waals surface area contributed by atoms with Gasteiger partial charge in [-0.15, -0.1) is 0 Å². The Hall–Kier alpha value is -4.64. The molecule has 5 rings (SSSR count). The number of rotatable bonds is 6.